The molecule has 2 aromatic rings. The minimum atomic E-state index is -0.263. The fraction of sp³-hybridized carbons (Fsp3) is 0.300. The Balaban J connectivity index is 1.95. The molecule has 0 aliphatic heterocycles. The molecule has 0 aliphatic carbocycles. The summed E-state index contributed by atoms with van der Waals surface area (Å²) in [6, 6.07) is 12.7. The fourth-order valence-electron chi connectivity index (χ4n) is 2.55. The molecule has 126 valence electrons. The smallest absolute Gasteiger partial charge is 0.262 e. The van der Waals surface area contributed by atoms with Gasteiger partial charge in [0, 0.05) is 11.3 Å². The van der Waals surface area contributed by atoms with E-state index in [4.69, 9.17) is 4.74 Å². The molecular formula is C20H23NO3. The predicted molar refractivity (Wildman–Crippen MR) is 95.8 cm³/mol. The highest BCUT2D eigenvalue weighted by Gasteiger charge is 2.08. The van der Waals surface area contributed by atoms with Crippen molar-refractivity contribution in [3.05, 3.63) is 59.2 Å². The summed E-state index contributed by atoms with van der Waals surface area (Å²) in [4.78, 5) is 23.4. The molecule has 0 bridgehead atoms. The first-order chi connectivity index (χ1) is 11.4. The number of carbonyl (C=O) groups is 2. The normalized spacial score (nSPS) is 10.5. The number of Topliss-reactive ketones (excluding diaryl/α,β-unsaturated/α-hetero) is 1. The zero-order valence-corrected chi connectivity index (χ0v) is 14.6. The first-order valence-corrected chi connectivity index (χ1v) is 8.01. The van der Waals surface area contributed by atoms with E-state index in [1.807, 2.05) is 25.1 Å². The molecule has 24 heavy (non-hydrogen) atoms. The Bertz CT molecular complexity index is 750. The SMILES string of the molecule is CC(=O)c1cccc(NC(=O)COc2ccc(C(C)C)c(C)c2)c1. The van der Waals surface area contributed by atoms with Gasteiger partial charge < -0.3 is 10.1 Å². The van der Waals surface area contributed by atoms with Gasteiger partial charge in [0.15, 0.2) is 12.4 Å². The van der Waals surface area contributed by atoms with Crippen LogP contribution in [-0.2, 0) is 4.79 Å². The van der Waals surface area contributed by atoms with Crippen LogP contribution in [0.1, 0.15) is 48.2 Å². The van der Waals surface area contributed by atoms with E-state index in [1.54, 1.807) is 24.3 Å². The van der Waals surface area contributed by atoms with Gasteiger partial charge in [0.1, 0.15) is 5.75 Å². The summed E-state index contributed by atoms with van der Waals surface area (Å²) in [5.41, 5.74) is 3.57. The van der Waals surface area contributed by atoms with Gasteiger partial charge >= 0.3 is 0 Å². The van der Waals surface area contributed by atoms with Crippen LogP contribution in [0.3, 0.4) is 0 Å². The maximum atomic E-state index is 12.0. The van der Waals surface area contributed by atoms with Crippen LogP contribution in [0.4, 0.5) is 5.69 Å². The van der Waals surface area contributed by atoms with Gasteiger partial charge in [-0.3, -0.25) is 9.59 Å². The highest BCUT2D eigenvalue weighted by molar-refractivity contribution is 5.97. The molecule has 0 heterocycles. The predicted octanol–water partition coefficient (Wildman–Crippen LogP) is 4.34. The number of anilines is 1. The highest BCUT2D eigenvalue weighted by Crippen LogP contribution is 2.23. The molecule has 0 aromatic heterocycles. The van der Waals surface area contributed by atoms with Crippen molar-refractivity contribution in [1.82, 2.24) is 0 Å². The molecular weight excluding hydrogens is 302 g/mol. The van der Waals surface area contributed by atoms with E-state index in [-0.39, 0.29) is 18.3 Å². The number of ether oxygens (including phenoxy) is 1. The number of carbonyl (C=O) groups excluding carboxylic acids is 2. The third-order valence-electron chi connectivity index (χ3n) is 3.79. The van der Waals surface area contributed by atoms with Crippen LogP contribution >= 0.6 is 0 Å². The molecule has 0 saturated carbocycles. The number of aryl methyl sites for hydroxylation is 1. The number of nitrogens with one attached hydrogen (secondary N) is 1. The van der Waals surface area contributed by atoms with Crippen LogP contribution in [-0.4, -0.2) is 18.3 Å². The van der Waals surface area contributed by atoms with Crippen molar-refractivity contribution in [2.45, 2.75) is 33.6 Å². The highest BCUT2D eigenvalue weighted by atomic mass is 16.5. The lowest BCUT2D eigenvalue weighted by Gasteiger charge is -2.12. The molecule has 1 N–H and O–H groups in total. The second-order valence-electron chi connectivity index (χ2n) is 6.15. The van der Waals surface area contributed by atoms with E-state index >= 15 is 0 Å². The molecule has 0 saturated heterocycles. The molecule has 2 rings (SSSR count). The van der Waals surface area contributed by atoms with Crippen molar-refractivity contribution in [3.63, 3.8) is 0 Å². The second-order valence-corrected chi connectivity index (χ2v) is 6.15. The molecule has 4 heteroatoms. The van der Waals surface area contributed by atoms with Gasteiger partial charge in [-0.15, -0.1) is 0 Å². The summed E-state index contributed by atoms with van der Waals surface area (Å²) in [6.07, 6.45) is 0. The van der Waals surface area contributed by atoms with Gasteiger partial charge in [0.05, 0.1) is 0 Å². The molecule has 0 fully saturated rings. The van der Waals surface area contributed by atoms with Crippen LogP contribution in [0.25, 0.3) is 0 Å². The van der Waals surface area contributed by atoms with Crippen molar-refractivity contribution in [2.24, 2.45) is 0 Å². The average molecular weight is 325 g/mol. The van der Waals surface area contributed by atoms with E-state index in [0.717, 1.165) is 5.56 Å². The summed E-state index contributed by atoms with van der Waals surface area (Å²) >= 11 is 0. The monoisotopic (exact) mass is 325 g/mol. The summed E-state index contributed by atoms with van der Waals surface area (Å²) in [6.45, 7) is 7.74. The standard InChI is InChI=1S/C20H23NO3/c1-13(2)19-9-8-18(10-14(19)3)24-12-20(23)21-17-7-5-6-16(11-17)15(4)22/h5-11,13H,12H2,1-4H3,(H,21,23). The number of amides is 1. The van der Waals surface area contributed by atoms with Crippen LogP contribution < -0.4 is 10.1 Å². The second kappa shape index (κ2) is 7.77. The van der Waals surface area contributed by atoms with Gasteiger partial charge in [-0.05, 0) is 55.2 Å². The molecule has 0 spiro atoms. The van der Waals surface area contributed by atoms with Crippen molar-refractivity contribution in [2.75, 3.05) is 11.9 Å². The van der Waals surface area contributed by atoms with Crippen molar-refractivity contribution < 1.29 is 14.3 Å². The summed E-state index contributed by atoms with van der Waals surface area (Å²) in [7, 11) is 0. The minimum Gasteiger partial charge on any atom is -0.484 e. The Hall–Kier alpha value is -2.62. The van der Waals surface area contributed by atoms with Gasteiger partial charge in [-0.1, -0.05) is 32.0 Å². The lowest BCUT2D eigenvalue weighted by atomic mass is 9.98. The third-order valence-corrected chi connectivity index (χ3v) is 3.79. The molecule has 0 atom stereocenters. The third kappa shape index (κ3) is 4.69. The Morgan fingerprint density at radius 1 is 1.12 bits per heavy atom. The number of benzene rings is 2. The zero-order valence-electron chi connectivity index (χ0n) is 14.6. The largest absolute Gasteiger partial charge is 0.484 e. The Labute approximate surface area is 142 Å². The van der Waals surface area contributed by atoms with E-state index < -0.39 is 0 Å². The maximum Gasteiger partial charge on any atom is 0.262 e. The Morgan fingerprint density at radius 2 is 1.88 bits per heavy atom. The van der Waals surface area contributed by atoms with E-state index in [0.29, 0.717) is 22.9 Å². The van der Waals surface area contributed by atoms with Gasteiger partial charge in [-0.25, -0.2) is 0 Å². The molecule has 2 aromatic carbocycles. The fourth-order valence-corrected chi connectivity index (χ4v) is 2.55. The lowest BCUT2D eigenvalue weighted by Crippen LogP contribution is -2.20. The maximum absolute atomic E-state index is 12.0. The van der Waals surface area contributed by atoms with Crippen molar-refractivity contribution in [3.8, 4) is 5.75 Å². The molecule has 0 unspecified atom stereocenters. The number of hydrogen-bond acceptors (Lipinski definition) is 3. The lowest BCUT2D eigenvalue weighted by molar-refractivity contribution is -0.118. The molecule has 4 nitrogen and oxygen atoms in total. The topological polar surface area (TPSA) is 55.4 Å². The quantitative estimate of drug-likeness (QED) is 0.804. The first-order valence-electron chi connectivity index (χ1n) is 8.01. The molecule has 0 radical (unpaired) electrons. The van der Waals surface area contributed by atoms with E-state index in [9.17, 15) is 9.59 Å². The Morgan fingerprint density at radius 3 is 2.50 bits per heavy atom. The molecule has 1 amide bonds. The van der Waals surface area contributed by atoms with Crippen LogP contribution in [0, 0.1) is 6.92 Å². The van der Waals surface area contributed by atoms with Crippen LogP contribution in [0.2, 0.25) is 0 Å². The number of hydrogen-bond donors (Lipinski definition) is 1. The summed E-state index contributed by atoms with van der Waals surface area (Å²) in [5, 5.41) is 2.74. The Kier molecular flexibility index (Phi) is 5.74. The van der Waals surface area contributed by atoms with E-state index in [2.05, 4.69) is 19.2 Å². The van der Waals surface area contributed by atoms with Crippen molar-refractivity contribution >= 4 is 17.4 Å². The first kappa shape index (κ1) is 17.7. The van der Waals surface area contributed by atoms with Crippen LogP contribution in [0.15, 0.2) is 42.5 Å². The van der Waals surface area contributed by atoms with Gasteiger partial charge in [0.2, 0.25) is 0 Å². The summed E-state index contributed by atoms with van der Waals surface area (Å²) in [5.74, 6) is 0.824. The van der Waals surface area contributed by atoms with Crippen molar-refractivity contribution in [1.29, 1.82) is 0 Å². The van der Waals surface area contributed by atoms with Gasteiger partial charge in [-0.2, -0.15) is 0 Å². The van der Waals surface area contributed by atoms with E-state index in [1.165, 1.54) is 12.5 Å². The minimum absolute atomic E-state index is 0.0388. The molecule has 0 aliphatic rings. The number of rotatable bonds is 6. The van der Waals surface area contributed by atoms with Gasteiger partial charge in [0.25, 0.3) is 5.91 Å². The number of ketones is 1. The average Bonchev–Trinajstić information content (AvgIpc) is 2.53. The van der Waals surface area contributed by atoms with Crippen LogP contribution in [0.5, 0.6) is 5.75 Å². The summed E-state index contributed by atoms with van der Waals surface area (Å²) < 4.78 is 5.55. The zero-order chi connectivity index (χ0) is 17.7.